The van der Waals surface area contributed by atoms with Gasteiger partial charge in [0.25, 0.3) is 0 Å². The Morgan fingerprint density at radius 3 is 3.14 bits per heavy atom. The first kappa shape index (κ1) is 16.6. The molecule has 10 heteroatoms. The van der Waals surface area contributed by atoms with Gasteiger partial charge in [-0.1, -0.05) is 0 Å². The van der Waals surface area contributed by atoms with Gasteiger partial charge in [0.05, 0.1) is 12.7 Å². The Balaban J connectivity index is 1.87. The normalized spacial score (nSPS) is 19.4. The first-order valence-corrected chi connectivity index (χ1v) is 8.42. The molecule has 0 amide bonds. The standard InChI is InChI=1S/C11H17BrN4O4S/c12-9-10(13-7-14-11(9)20-5-3-17)16-21(18)15-6-8-2-1-4-19-8/h7-8,15,17H,1-6H2,(H,13,14,16). The average molecular weight is 381 g/mol. The van der Waals surface area contributed by atoms with E-state index in [1.165, 1.54) is 6.33 Å². The summed E-state index contributed by atoms with van der Waals surface area (Å²) >= 11 is 1.78. The van der Waals surface area contributed by atoms with Gasteiger partial charge in [0.15, 0.2) is 17.0 Å². The maximum absolute atomic E-state index is 11.9. The van der Waals surface area contributed by atoms with E-state index < -0.39 is 11.2 Å². The minimum Gasteiger partial charge on any atom is -0.474 e. The van der Waals surface area contributed by atoms with Crippen molar-refractivity contribution in [3.05, 3.63) is 10.8 Å². The van der Waals surface area contributed by atoms with E-state index in [2.05, 4.69) is 35.3 Å². The molecule has 1 aromatic heterocycles. The van der Waals surface area contributed by atoms with Crippen LogP contribution in [0.5, 0.6) is 5.88 Å². The van der Waals surface area contributed by atoms with E-state index >= 15 is 0 Å². The predicted octanol–water partition coefficient (Wildman–Crippen LogP) is 0.369. The summed E-state index contributed by atoms with van der Waals surface area (Å²) in [7, 11) is 0. The molecule has 3 N–H and O–H groups in total. The molecule has 0 spiro atoms. The molecule has 1 aliphatic heterocycles. The third-order valence-corrected chi connectivity index (χ3v) is 4.27. The van der Waals surface area contributed by atoms with Crippen molar-refractivity contribution in [1.82, 2.24) is 14.7 Å². The highest BCUT2D eigenvalue weighted by Gasteiger charge is 2.17. The fourth-order valence-corrected chi connectivity index (χ4v) is 3.05. The van der Waals surface area contributed by atoms with Gasteiger partial charge < -0.3 is 14.6 Å². The Morgan fingerprint density at radius 2 is 2.43 bits per heavy atom. The minimum atomic E-state index is -1.50. The van der Waals surface area contributed by atoms with Crippen LogP contribution in [0.3, 0.4) is 0 Å². The third kappa shape index (κ3) is 5.15. The zero-order chi connectivity index (χ0) is 15.1. The lowest BCUT2D eigenvalue weighted by atomic mass is 10.2. The first-order chi connectivity index (χ1) is 10.2. The second kappa shape index (κ2) is 8.59. The van der Waals surface area contributed by atoms with Crippen molar-refractivity contribution < 1.29 is 18.8 Å². The molecule has 1 fully saturated rings. The van der Waals surface area contributed by atoms with Crippen LogP contribution in [0.15, 0.2) is 10.8 Å². The van der Waals surface area contributed by atoms with Crippen LogP contribution < -0.4 is 14.2 Å². The quantitative estimate of drug-likeness (QED) is 0.601. The number of aliphatic hydroxyl groups excluding tert-OH is 1. The number of rotatable bonds is 8. The topological polar surface area (TPSA) is 106 Å². The smallest absolute Gasteiger partial charge is 0.233 e. The van der Waals surface area contributed by atoms with Crippen LogP contribution in [-0.4, -0.2) is 51.8 Å². The minimum absolute atomic E-state index is 0.105. The van der Waals surface area contributed by atoms with Gasteiger partial charge >= 0.3 is 0 Å². The molecule has 0 saturated carbocycles. The Labute approximate surface area is 133 Å². The van der Waals surface area contributed by atoms with Crippen molar-refractivity contribution in [2.45, 2.75) is 18.9 Å². The van der Waals surface area contributed by atoms with E-state index in [1.54, 1.807) is 0 Å². The van der Waals surface area contributed by atoms with Gasteiger partial charge in [0, 0.05) is 13.2 Å². The Kier molecular flexibility index (Phi) is 6.77. The van der Waals surface area contributed by atoms with E-state index in [1.807, 2.05) is 0 Å². The molecule has 2 heterocycles. The van der Waals surface area contributed by atoms with Gasteiger partial charge in [0.2, 0.25) is 5.88 Å². The molecule has 2 atom stereocenters. The summed E-state index contributed by atoms with van der Waals surface area (Å²) in [5, 5.41) is 8.74. The molecule has 0 radical (unpaired) electrons. The number of aliphatic hydroxyl groups is 1. The van der Waals surface area contributed by atoms with Crippen LogP contribution in [0, 0.1) is 0 Å². The van der Waals surface area contributed by atoms with Gasteiger partial charge in [-0.3, -0.25) is 4.72 Å². The second-order valence-electron chi connectivity index (χ2n) is 4.27. The lowest BCUT2D eigenvalue weighted by Crippen LogP contribution is -2.31. The fourth-order valence-electron chi connectivity index (χ4n) is 1.77. The van der Waals surface area contributed by atoms with Crippen molar-refractivity contribution >= 4 is 32.9 Å². The maximum atomic E-state index is 11.9. The summed E-state index contributed by atoms with van der Waals surface area (Å²) in [5.74, 6) is 0.619. The molecule has 0 aromatic carbocycles. The lowest BCUT2D eigenvalue weighted by Gasteiger charge is -2.12. The van der Waals surface area contributed by atoms with Gasteiger partial charge in [-0.2, -0.15) is 0 Å². The molecule has 1 aliphatic rings. The zero-order valence-electron chi connectivity index (χ0n) is 11.2. The third-order valence-electron chi connectivity index (χ3n) is 2.74. The maximum Gasteiger partial charge on any atom is 0.233 e. The molecule has 0 bridgehead atoms. The van der Waals surface area contributed by atoms with Gasteiger partial charge in [-0.15, -0.1) is 0 Å². The number of hydrogen-bond donors (Lipinski definition) is 3. The highest BCUT2D eigenvalue weighted by Crippen LogP contribution is 2.28. The monoisotopic (exact) mass is 380 g/mol. The van der Waals surface area contributed by atoms with Crippen LogP contribution in [0.2, 0.25) is 0 Å². The lowest BCUT2D eigenvalue weighted by molar-refractivity contribution is 0.115. The van der Waals surface area contributed by atoms with Crippen molar-refractivity contribution in [2.75, 3.05) is 31.1 Å². The van der Waals surface area contributed by atoms with Gasteiger partial charge in [0.1, 0.15) is 17.4 Å². The van der Waals surface area contributed by atoms with Crippen molar-refractivity contribution in [1.29, 1.82) is 0 Å². The summed E-state index contributed by atoms with van der Waals surface area (Å²) in [6.07, 6.45) is 3.40. The van der Waals surface area contributed by atoms with Crippen molar-refractivity contribution in [2.24, 2.45) is 0 Å². The largest absolute Gasteiger partial charge is 0.474 e. The molecular formula is C11H17BrN4O4S. The average Bonchev–Trinajstić information content (AvgIpc) is 2.99. The number of halogens is 1. The number of aromatic nitrogens is 2. The summed E-state index contributed by atoms with van der Waals surface area (Å²) in [6, 6.07) is 0. The van der Waals surface area contributed by atoms with E-state index in [0.717, 1.165) is 19.4 Å². The van der Waals surface area contributed by atoms with Gasteiger partial charge in [-0.25, -0.2) is 18.9 Å². The highest BCUT2D eigenvalue weighted by atomic mass is 79.9. The van der Waals surface area contributed by atoms with E-state index in [4.69, 9.17) is 14.6 Å². The van der Waals surface area contributed by atoms with Crippen molar-refractivity contribution in [3.8, 4) is 5.88 Å². The van der Waals surface area contributed by atoms with Crippen LogP contribution in [0.4, 0.5) is 5.82 Å². The van der Waals surface area contributed by atoms with E-state index in [0.29, 0.717) is 16.8 Å². The van der Waals surface area contributed by atoms with E-state index in [9.17, 15) is 4.21 Å². The molecule has 8 nitrogen and oxygen atoms in total. The number of nitrogens with one attached hydrogen (secondary N) is 2. The molecule has 1 aromatic rings. The van der Waals surface area contributed by atoms with E-state index in [-0.39, 0.29) is 25.2 Å². The predicted molar refractivity (Wildman–Crippen MR) is 81.1 cm³/mol. The van der Waals surface area contributed by atoms with Crippen LogP contribution in [0.1, 0.15) is 12.8 Å². The van der Waals surface area contributed by atoms with Crippen LogP contribution in [0.25, 0.3) is 0 Å². The Hall–Kier alpha value is -0.810. The summed E-state index contributed by atoms with van der Waals surface area (Å²) in [6.45, 7) is 1.27. The number of hydrogen-bond acceptors (Lipinski definition) is 6. The van der Waals surface area contributed by atoms with Crippen molar-refractivity contribution in [3.63, 3.8) is 0 Å². The Morgan fingerprint density at radius 1 is 1.57 bits per heavy atom. The Bertz CT molecular complexity index is 487. The summed E-state index contributed by atoms with van der Waals surface area (Å²) < 4.78 is 28.6. The van der Waals surface area contributed by atoms with Crippen LogP contribution >= 0.6 is 15.9 Å². The number of anilines is 1. The molecule has 0 aliphatic carbocycles. The first-order valence-electron chi connectivity index (χ1n) is 6.48. The fraction of sp³-hybridized carbons (Fsp3) is 0.636. The molecule has 2 rings (SSSR count). The number of ether oxygens (including phenoxy) is 2. The summed E-state index contributed by atoms with van der Waals surface area (Å²) in [4.78, 5) is 7.91. The zero-order valence-corrected chi connectivity index (χ0v) is 13.7. The number of nitrogens with zero attached hydrogens (tertiary/aromatic N) is 2. The molecule has 21 heavy (non-hydrogen) atoms. The van der Waals surface area contributed by atoms with Crippen LogP contribution in [-0.2, 0) is 15.9 Å². The molecule has 118 valence electrons. The molecule has 1 saturated heterocycles. The second-order valence-corrected chi connectivity index (χ2v) is 6.09. The highest BCUT2D eigenvalue weighted by molar-refractivity contribution is 9.10. The molecule has 2 unspecified atom stereocenters. The SMILES string of the molecule is O=S(NCC1CCCO1)Nc1ncnc(OCCO)c1Br. The van der Waals surface area contributed by atoms with Gasteiger partial charge in [-0.05, 0) is 28.8 Å². The summed E-state index contributed by atoms with van der Waals surface area (Å²) in [5.41, 5.74) is 0. The molecular weight excluding hydrogens is 364 g/mol.